The zero-order chi connectivity index (χ0) is 12.3. The monoisotopic (exact) mass is 234 g/mol. The number of nitrogens with one attached hydrogen (secondary N) is 1. The number of hydrogen-bond donors (Lipinski definition) is 2. The maximum Gasteiger partial charge on any atom is 0.336 e. The van der Waals surface area contributed by atoms with Crippen molar-refractivity contribution in [3.63, 3.8) is 0 Å². The molecule has 0 aromatic carbocycles. The summed E-state index contributed by atoms with van der Waals surface area (Å²) in [4.78, 5) is 26.4. The minimum absolute atomic E-state index is 0.0106. The fourth-order valence-electron chi connectivity index (χ4n) is 1.77. The summed E-state index contributed by atoms with van der Waals surface area (Å²) in [6, 6.07) is 1.44. The second kappa shape index (κ2) is 4.95. The Labute approximate surface area is 98.9 Å². The van der Waals surface area contributed by atoms with Crippen LogP contribution in [0.15, 0.2) is 18.5 Å². The normalized spacial score (nSPS) is 15.1. The Hall–Kier alpha value is -1.91. The van der Waals surface area contributed by atoms with Crippen molar-refractivity contribution in [2.75, 3.05) is 0 Å². The van der Waals surface area contributed by atoms with Crippen molar-refractivity contribution in [1.29, 1.82) is 0 Å². The van der Waals surface area contributed by atoms with Gasteiger partial charge < -0.3 is 10.4 Å². The summed E-state index contributed by atoms with van der Waals surface area (Å²) < 4.78 is 0. The predicted molar refractivity (Wildman–Crippen MR) is 60.4 cm³/mol. The number of amides is 1. The number of hydrogen-bond acceptors (Lipinski definition) is 3. The van der Waals surface area contributed by atoms with Crippen molar-refractivity contribution < 1.29 is 14.7 Å². The van der Waals surface area contributed by atoms with Gasteiger partial charge >= 0.3 is 5.97 Å². The number of carbonyl (C=O) groups is 2. The van der Waals surface area contributed by atoms with Crippen LogP contribution in [0.1, 0.15) is 35.2 Å². The van der Waals surface area contributed by atoms with E-state index < -0.39 is 5.97 Å². The molecule has 1 aliphatic rings. The number of aromatic carboxylic acids is 1. The van der Waals surface area contributed by atoms with Crippen LogP contribution in [0.4, 0.5) is 0 Å². The third-order valence-corrected chi connectivity index (χ3v) is 3.06. The predicted octanol–water partition coefficient (Wildman–Crippen LogP) is 1.20. The number of pyridine rings is 1. The van der Waals surface area contributed by atoms with E-state index in [4.69, 9.17) is 5.11 Å². The van der Waals surface area contributed by atoms with Gasteiger partial charge in [0.2, 0.25) is 5.91 Å². The van der Waals surface area contributed by atoms with Crippen LogP contribution in [-0.2, 0) is 11.3 Å². The molecule has 0 bridgehead atoms. The molecule has 2 N–H and O–H groups in total. The second-order valence-corrected chi connectivity index (χ2v) is 4.18. The van der Waals surface area contributed by atoms with E-state index in [9.17, 15) is 9.59 Å². The minimum atomic E-state index is -1.000. The van der Waals surface area contributed by atoms with Crippen LogP contribution in [0.25, 0.3) is 0 Å². The van der Waals surface area contributed by atoms with E-state index in [2.05, 4.69) is 10.3 Å². The molecule has 0 atom stereocenters. The van der Waals surface area contributed by atoms with Crippen molar-refractivity contribution in [2.45, 2.75) is 25.8 Å². The maximum absolute atomic E-state index is 11.6. The lowest BCUT2D eigenvalue weighted by molar-refractivity contribution is -0.127. The number of nitrogens with zero attached hydrogens (tertiary/aromatic N) is 1. The Morgan fingerprint density at radius 3 is 2.82 bits per heavy atom. The van der Waals surface area contributed by atoms with Crippen LogP contribution in [0.5, 0.6) is 0 Å². The number of aromatic nitrogens is 1. The molecule has 5 nitrogen and oxygen atoms in total. The molecule has 2 rings (SSSR count). The highest BCUT2D eigenvalue weighted by molar-refractivity contribution is 5.89. The summed E-state index contributed by atoms with van der Waals surface area (Å²) in [5, 5.41) is 11.7. The van der Waals surface area contributed by atoms with Crippen LogP contribution in [0.2, 0.25) is 0 Å². The van der Waals surface area contributed by atoms with E-state index in [1.807, 2.05) is 0 Å². The number of carboxylic acid groups (broad SMARTS) is 1. The van der Waals surface area contributed by atoms with Gasteiger partial charge in [-0.1, -0.05) is 6.42 Å². The minimum Gasteiger partial charge on any atom is -0.478 e. The van der Waals surface area contributed by atoms with Gasteiger partial charge in [0.05, 0.1) is 5.56 Å². The number of rotatable bonds is 4. The van der Waals surface area contributed by atoms with Crippen LogP contribution in [-0.4, -0.2) is 22.0 Å². The van der Waals surface area contributed by atoms with Crippen LogP contribution in [0, 0.1) is 5.92 Å². The SMILES string of the molecule is O=C(O)c1ccncc1CNC(=O)C1CCC1. The standard InChI is InChI=1S/C12H14N2O3/c15-11(8-2-1-3-8)14-7-9-6-13-5-4-10(9)12(16)17/h4-6,8H,1-3,7H2,(H,14,15)(H,16,17). The van der Waals surface area contributed by atoms with Crippen molar-refractivity contribution in [2.24, 2.45) is 5.92 Å². The molecule has 0 saturated heterocycles. The number of carboxylic acids is 1. The van der Waals surface area contributed by atoms with Gasteiger partial charge in [-0.2, -0.15) is 0 Å². The Bertz CT molecular complexity index is 441. The highest BCUT2D eigenvalue weighted by Crippen LogP contribution is 2.26. The molecule has 5 heteroatoms. The van der Waals surface area contributed by atoms with E-state index >= 15 is 0 Å². The van der Waals surface area contributed by atoms with Crippen LogP contribution >= 0.6 is 0 Å². The fraction of sp³-hybridized carbons (Fsp3) is 0.417. The lowest BCUT2D eigenvalue weighted by Crippen LogP contribution is -2.34. The molecule has 1 fully saturated rings. The highest BCUT2D eigenvalue weighted by Gasteiger charge is 2.25. The molecular formula is C12H14N2O3. The highest BCUT2D eigenvalue weighted by atomic mass is 16.4. The van der Waals surface area contributed by atoms with Crippen molar-refractivity contribution in [3.05, 3.63) is 29.6 Å². The van der Waals surface area contributed by atoms with Gasteiger partial charge in [-0.3, -0.25) is 9.78 Å². The molecule has 90 valence electrons. The zero-order valence-corrected chi connectivity index (χ0v) is 9.35. The first-order chi connectivity index (χ1) is 8.18. The van der Waals surface area contributed by atoms with Gasteiger partial charge in [0.25, 0.3) is 0 Å². The molecule has 1 heterocycles. The van der Waals surface area contributed by atoms with E-state index in [1.54, 1.807) is 0 Å². The summed E-state index contributed by atoms with van der Waals surface area (Å²) in [7, 11) is 0. The van der Waals surface area contributed by atoms with Crippen molar-refractivity contribution in [3.8, 4) is 0 Å². The smallest absolute Gasteiger partial charge is 0.336 e. The average molecular weight is 234 g/mol. The Kier molecular flexibility index (Phi) is 3.37. The summed E-state index contributed by atoms with van der Waals surface area (Å²) in [5.74, 6) is -0.878. The Morgan fingerprint density at radius 1 is 1.47 bits per heavy atom. The van der Waals surface area contributed by atoms with Gasteiger partial charge in [-0.25, -0.2) is 4.79 Å². The fourth-order valence-corrected chi connectivity index (χ4v) is 1.77. The first-order valence-corrected chi connectivity index (χ1v) is 5.62. The quantitative estimate of drug-likeness (QED) is 0.820. The second-order valence-electron chi connectivity index (χ2n) is 4.18. The van der Waals surface area contributed by atoms with E-state index in [1.165, 1.54) is 18.5 Å². The summed E-state index contributed by atoms with van der Waals surface area (Å²) in [6.07, 6.45) is 5.88. The topological polar surface area (TPSA) is 79.3 Å². The molecular weight excluding hydrogens is 220 g/mol. The first-order valence-electron chi connectivity index (χ1n) is 5.62. The Balaban J connectivity index is 1.98. The number of carbonyl (C=O) groups excluding carboxylic acids is 1. The van der Waals surface area contributed by atoms with Crippen molar-refractivity contribution >= 4 is 11.9 Å². The van der Waals surface area contributed by atoms with Crippen LogP contribution < -0.4 is 5.32 Å². The summed E-state index contributed by atoms with van der Waals surface area (Å²) >= 11 is 0. The Morgan fingerprint density at radius 2 is 2.24 bits per heavy atom. The molecule has 0 radical (unpaired) electrons. The van der Waals surface area contributed by atoms with Gasteiger partial charge in [0.1, 0.15) is 0 Å². The third-order valence-electron chi connectivity index (χ3n) is 3.06. The molecule has 0 aliphatic heterocycles. The average Bonchev–Trinajstić information content (AvgIpc) is 2.24. The molecule has 1 saturated carbocycles. The van der Waals surface area contributed by atoms with Gasteiger partial charge in [-0.15, -0.1) is 0 Å². The van der Waals surface area contributed by atoms with Crippen molar-refractivity contribution in [1.82, 2.24) is 10.3 Å². The lowest BCUT2D eigenvalue weighted by Gasteiger charge is -2.24. The molecule has 1 aromatic heterocycles. The van der Waals surface area contributed by atoms with Gasteiger partial charge in [0, 0.05) is 30.4 Å². The maximum atomic E-state index is 11.6. The molecule has 1 aliphatic carbocycles. The molecule has 0 unspecified atom stereocenters. The molecule has 1 amide bonds. The van der Waals surface area contributed by atoms with Gasteiger partial charge in [0.15, 0.2) is 0 Å². The molecule has 1 aromatic rings. The van der Waals surface area contributed by atoms with E-state index in [0.29, 0.717) is 5.56 Å². The van der Waals surface area contributed by atoms with Gasteiger partial charge in [-0.05, 0) is 18.9 Å². The molecule has 0 spiro atoms. The summed E-state index contributed by atoms with van der Waals surface area (Å²) in [6.45, 7) is 0.227. The first kappa shape index (κ1) is 11.6. The zero-order valence-electron chi connectivity index (χ0n) is 9.35. The summed E-state index contributed by atoms with van der Waals surface area (Å²) in [5.41, 5.74) is 0.724. The molecule has 17 heavy (non-hydrogen) atoms. The van der Waals surface area contributed by atoms with E-state index in [-0.39, 0.29) is 23.9 Å². The van der Waals surface area contributed by atoms with Crippen LogP contribution in [0.3, 0.4) is 0 Å². The third kappa shape index (κ3) is 2.61. The lowest BCUT2D eigenvalue weighted by atomic mass is 9.85. The largest absolute Gasteiger partial charge is 0.478 e. The van der Waals surface area contributed by atoms with E-state index in [0.717, 1.165) is 19.3 Å².